The standard InChI is InChI=1S/C25H17Cl2N3O3/c26-16-5-8-19(9-6-16)33-23-10-7-17(12-20(23)27)29-22-13-24(31)30(25(22)32)18-11-15-3-1-2-4-21(15)28-14-18/h1-12,14,22,29H,13H2. The summed E-state index contributed by atoms with van der Waals surface area (Å²) in [5, 5.41) is 4.94. The van der Waals surface area contributed by atoms with Crippen LogP contribution in [0.1, 0.15) is 6.42 Å². The van der Waals surface area contributed by atoms with Crippen LogP contribution in [0, 0.1) is 0 Å². The SMILES string of the molecule is O=C1CC(Nc2ccc(Oc3ccc(Cl)cc3)c(Cl)c2)C(=O)N1c1cnc2ccccc2c1. The van der Waals surface area contributed by atoms with Gasteiger partial charge in [0.2, 0.25) is 5.91 Å². The minimum atomic E-state index is -0.705. The smallest absolute Gasteiger partial charge is 0.256 e. The van der Waals surface area contributed by atoms with Crippen molar-refractivity contribution in [3.63, 3.8) is 0 Å². The first-order chi connectivity index (χ1) is 16.0. The fourth-order valence-electron chi connectivity index (χ4n) is 3.70. The lowest BCUT2D eigenvalue weighted by Crippen LogP contribution is -2.34. The van der Waals surface area contributed by atoms with Gasteiger partial charge in [0.25, 0.3) is 5.91 Å². The number of ether oxygens (including phenoxy) is 1. The molecular weight excluding hydrogens is 461 g/mol. The fourth-order valence-corrected chi connectivity index (χ4v) is 4.05. The Morgan fingerprint density at radius 1 is 0.970 bits per heavy atom. The van der Waals surface area contributed by atoms with Crippen LogP contribution in [0.4, 0.5) is 11.4 Å². The topological polar surface area (TPSA) is 71.5 Å². The minimum Gasteiger partial charge on any atom is -0.456 e. The number of nitrogens with zero attached hydrogens (tertiary/aromatic N) is 2. The zero-order chi connectivity index (χ0) is 22.9. The van der Waals surface area contributed by atoms with Gasteiger partial charge in [-0.15, -0.1) is 0 Å². The number of para-hydroxylation sites is 1. The van der Waals surface area contributed by atoms with Gasteiger partial charge in [0.05, 0.1) is 28.8 Å². The predicted octanol–water partition coefficient (Wildman–Crippen LogP) is 6.08. The molecule has 8 heteroatoms. The third-order valence-corrected chi connectivity index (χ3v) is 5.84. The summed E-state index contributed by atoms with van der Waals surface area (Å²) in [6.45, 7) is 0. The quantitative estimate of drug-likeness (QED) is 0.352. The Bertz CT molecular complexity index is 1380. The van der Waals surface area contributed by atoms with Gasteiger partial charge in [-0.2, -0.15) is 0 Å². The third kappa shape index (κ3) is 4.35. The number of aromatic nitrogens is 1. The first-order valence-corrected chi connectivity index (χ1v) is 10.9. The van der Waals surface area contributed by atoms with Gasteiger partial charge in [-0.3, -0.25) is 14.6 Å². The molecule has 0 bridgehead atoms. The molecule has 3 aromatic carbocycles. The highest BCUT2D eigenvalue weighted by atomic mass is 35.5. The van der Waals surface area contributed by atoms with Crippen LogP contribution in [0.5, 0.6) is 11.5 Å². The van der Waals surface area contributed by atoms with Crippen molar-refractivity contribution < 1.29 is 14.3 Å². The summed E-state index contributed by atoms with van der Waals surface area (Å²) in [5.41, 5.74) is 1.86. The van der Waals surface area contributed by atoms with Crippen LogP contribution in [-0.2, 0) is 9.59 Å². The van der Waals surface area contributed by atoms with E-state index in [4.69, 9.17) is 27.9 Å². The number of halogens is 2. The van der Waals surface area contributed by atoms with Gasteiger partial charge >= 0.3 is 0 Å². The summed E-state index contributed by atoms with van der Waals surface area (Å²) in [6, 6.07) is 20.7. The molecule has 1 unspecified atom stereocenters. The lowest BCUT2D eigenvalue weighted by molar-refractivity contribution is -0.121. The molecule has 0 aliphatic carbocycles. The van der Waals surface area contributed by atoms with E-state index in [2.05, 4.69) is 10.3 Å². The lowest BCUT2D eigenvalue weighted by atomic mass is 10.2. The predicted molar refractivity (Wildman–Crippen MR) is 129 cm³/mol. The Morgan fingerprint density at radius 3 is 2.55 bits per heavy atom. The molecule has 1 fully saturated rings. The molecule has 6 nitrogen and oxygen atoms in total. The summed E-state index contributed by atoms with van der Waals surface area (Å²) in [5.74, 6) is 0.429. The maximum Gasteiger partial charge on any atom is 0.256 e. The molecule has 2 amide bonds. The molecule has 1 aromatic heterocycles. The van der Waals surface area contributed by atoms with Crippen LogP contribution in [-0.4, -0.2) is 22.8 Å². The molecule has 1 atom stereocenters. The van der Waals surface area contributed by atoms with Gasteiger partial charge in [-0.1, -0.05) is 41.4 Å². The molecule has 0 spiro atoms. The van der Waals surface area contributed by atoms with Crippen molar-refractivity contribution in [1.82, 2.24) is 4.98 Å². The van der Waals surface area contributed by atoms with Crippen molar-refractivity contribution in [2.45, 2.75) is 12.5 Å². The van der Waals surface area contributed by atoms with E-state index >= 15 is 0 Å². The van der Waals surface area contributed by atoms with E-state index in [1.807, 2.05) is 24.3 Å². The van der Waals surface area contributed by atoms with E-state index < -0.39 is 6.04 Å². The largest absolute Gasteiger partial charge is 0.456 e. The van der Waals surface area contributed by atoms with E-state index in [0.717, 1.165) is 10.9 Å². The number of amides is 2. The Balaban J connectivity index is 1.32. The van der Waals surface area contributed by atoms with E-state index in [1.165, 1.54) is 4.90 Å². The average molecular weight is 478 g/mol. The molecular formula is C25H17Cl2N3O3. The second-order valence-corrected chi connectivity index (χ2v) is 8.40. The Hall–Kier alpha value is -3.61. The van der Waals surface area contributed by atoms with Crippen molar-refractivity contribution in [1.29, 1.82) is 0 Å². The van der Waals surface area contributed by atoms with E-state index in [1.54, 1.807) is 54.7 Å². The number of anilines is 2. The summed E-state index contributed by atoms with van der Waals surface area (Å²) in [7, 11) is 0. The fraction of sp³-hybridized carbons (Fsp3) is 0.0800. The Kier molecular flexibility index (Phi) is 5.62. The minimum absolute atomic E-state index is 0.0340. The summed E-state index contributed by atoms with van der Waals surface area (Å²) < 4.78 is 5.78. The van der Waals surface area contributed by atoms with Gasteiger partial charge in [-0.05, 0) is 54.6 Å². The molecule has 4 aromatic rings. The summed E-state index contributed by atoms with van der Waals surface area (Å²) in [6.07, 6.45) is 1.58. The van der Waals surface area contributed by atoms with Crippen LogP contribution in [0.2, 0.25) is 10.0 Å². The first-order valence-electron chi connectivity index (χ1n) is 10.2. The Labute approximate surface area is 199 Å². The number of nitrogens with one attached hydrogen (secondary N) is 1. The number of hydrogen-bond acceptors (Lipinski definition) is 5. The van der Waals surface area contributed by atoms with Crippen LogP contribution < -0.4 is 15.0 Å². The number of pyridine rings is 1. The number of carbonyl (C=O) groups is 2. The van der Waals surface area contributed by atoms with Crippen molar-refractivity contribution in [2.75, 3.05) is 10.2 Å². The third-order valence-electron chi connectivity index (χ3n) is 5.30. The van der Waals surface area contributed by atoms with Gasteiger partial charge in [0.1, 0.15) is 17.5 Å². The van der Waals surface area contributed by atoms with Gasteiger partial charge in [0, 0.05) is 16.1 Å². The molecule has 0 radical (unpaired) electrons. The zero-order valence-electron chi connectivity index (χ0n) is 17.2. The number of fused-ring (bicyclic) bond motifs is 1. The monoisotopic (exact) mass is 477 g/mol. The number of carbonyl (C=O) groups excluding carboxylic acids is 2. The number of benzene rings is 3. The lowest BCUT2D eigenvalue weighted by Gasteiger charge is -2.17. The molecule has 0 saturated carbocycles. The summed E-state index contributed by atoms with van der Waals surface area (Å²) >= 11 is 12.3. The normalized spacial score (nSPS) is 15.8. The number of hydrogen-bond donors (Lipinski definition) is 1. The maximum absolute atomic E-state index is 13.0. The Morgan fingerprint density at radius 2 is 1.76 bits per heavy atom. The summed E-state index contributed by atoms with van der Waals surface area (Å²) in [4.78, 5) is 31.2. The molecule has 5 rings (SSSR count). The highest BCUT2D eigenvalue weighted by Gasteiger charge is 2.39. The molecule has 2 heterocycles. The van der Waals surface area contributed by atoms with E-state index in [0.29, 0.717) is 32.9 Å². The van der Waals surface area contributed by atoms with Crippen LogP contribution >= 0.6 is 23.2 Å². The van der Waals surface area contributed by atoms with Gasteiger partial charge in [-0.25, -0.2) is 4.90 Å². The van der Waals surface area contributed by atoms with Crippen molar-refractivity contribution in [3.8, 4) is 11.5 Å². The van der Waals surface area contributed by atoms with Crippen molar-refractivity contribution in [2.24, 2.45) is 0 Å². The van der Waals surface area contributed by atoms with Crippen LogP contribution in [0.25, 0.3) is 10.9 Å². The van der Waals surface area contributed by atoms with Crippen LogP contribution in [0.3, 0.4) is 0 Å². The van der Waals surface area contributed by atoms with Gasteiger partial charge < -0.3 is 10.1 Å². The highest BCUT2D eigenvalue weighted by molar-refractivity contribution is 6.32. The van der Waals surface area contributed by atoms with Gasteiger partial charge in [0.15, 0.2) is 0 Å². The van der Waals surface area contributed by atoms with Crippen molar-refractivity contribution >= 4 is 57.3 Å². The molecule has 33 heavy (non-hydrogen) atoms. The van der Waals surface area contributed by atoms with E-state index in [9.17, 15) is 9.59 Å². The number of rotatable bonds is 5. The first kappa shape index (κ1) is 21.2. The molecule has 1 saturated heterocycles. The van der Waals surface area contributed by atoms with Crippen LogP contribution in [0.15, 0.2) is 79.0 Å². The maximum atomic E-state index is 13.0. The average Bonchev–Trinajstić information content (AvgIpc) is 3.09. The molecule has 1 N–H and O–H groups in total. The molecule has 164 valence electrons. The zero-order valence-corrected chi connectivity index (χ0v) is 18.7. The number of imide groups is 1. The second-order valence-electron chi connectivity index (χ2n) is 7.56. The molecule has 1 aliphatic heterocycles. The second kappa shape index (κ2) is 8.73. The van der Waals surface area contributed by atoms with E-state index in [-0.39, 0.29) is 18.2 Å². The molecule has 1 aliphatic rings. The van der Waals surface area contributed by atoms with Crippen molar-refractivity contribution in [3.05, 3.63) is 89.0 Å². The highest BCUT2D eigenvalue weighted by Crippen LogP contribution is 2.33.